The lowest BCUT2D eigenvalue weighted by atomic mass is 10.2. The number of halogens is 1. The Kier molecular flexibility index (Phi) is 6.64. The molecule has 1 atom stereocenters. The van der Waals surface area contributed by atoms with Crippen molar-refractivity contribution >= 4 is 75.4 Å². The van der Waals surface area contributed by atoms with Gasteiger partial charge in [0.15, 0.2) is 0 Å². The lowest BCUT2D eigenvalue weighted by Gasteiger charge is -2.21. The molecule has 0 radical (unpaired) electrons. The number of carbonyl (C=O) groups excluding carboxylic acids is 4. The predicted molar refractivity (Wildman–Crippen MR) is 130 cm³/mol. The van der Waals surface area contributed by atoms with E-state index in [2.05, 4.69) is 0 Å². The number of anilines is 1. The Morgan fingerprint density at radius 2 is 1.82 bits per heavy atom. The highest BCUT2D eigenvalue weighted by Crippen LogP contribution is 2.37. The van der Waals surface area contributed by atoms with Crippen molar-refractivity contribution in [2.24, 2.45) is 0 Å². The second-order valence-electron chi connectivity index (χ2n) is 7.16. The van der Waals surface area contributed by atoms with Gasteiger partial charge in [-0.1, -0.05) is 47.7 Å². The van der Waals surface area contributed by atoms with Crippen LogP contribution in [0, 0.1) is 0 Å². The van der Waals surface area contributed by atoms with Gasteiger partial charge in [-0.05, 0) is 55.0 Å². The van der Waals surface area contributed by atoms with E-state index in [1.165, 1.54) is 29.2 Å². The van der Waals surface area contributed by atoms with E-state index < -0.39 is 29.7 Å². The van der Waals surface area contributed by atoms with Crippen LogP contribution in [0.2, 0.25) is 5.02 Å². The molecule has 0 spiro atoms. The van der Waals surface area contributed by atoms with Gasteiger partial charge in [0.05, 0.1) is 29.2 Å². The summed E-state index contributed by atoms with van der Waals surface area (Å²) in [4.78, 5) is 53.3. The van der Waals surface area contributed by atoms with Gasteiger partial charge < -0.3 is 4.74 Å². The van der Waals surface area contributed by atoms with Gasteiger partial charge in [-0.3, -0.25) is 19.3 Å². The maximum atomic E-state index is 13.1. The molecule has 2 aromatic rings. The molecule has 0 bridgehead atoms. The van der Waals surface area contributed by atoms with Gasteiger partial charge in [-0.2, -0.15) is 0 Å². The van der Waals surface area contributed by atoms with Crippen LogP contribution < -0.4 is 4.90 Å². The first-order valence-corrected chi connectivity index (χ1v) is 11.6. The highest BCUT2D eigenvalue weighted by atomic mass is 35.5. The van der Waals surface area contributed by atoms with Crippen LogP contribution in [-0.2, 0) is 19.1 Å². The van der Waals surface area contributed by atoms with Gasteiger partial charge in [0.25, 0.3) is 11.8 Å². The summed E-state index contributed by atoms with van der Waals surface area (Å²) in [7, 11) is 0. The number of nitrogens with zero attached hydrogens (tertiary/aromatic N) is 2. The minimum Gasteiger partial charge on any atom is -0.462 e. The molecule has 2 fully saturated rings. The van der Waals surface area contributed by atoms with Crippen molar-refractivity contribution < 1.29 is 23.9 Å². The lowest BCUT2D eigenvalue weighted by Crippen LogP contribution is -2.44. The van der Waals surface area contributed by atoms with E-state index in [-0.39, 0.29) is 17.3 Å². The van der Waals surface area contributed by atoms with Gasteiger partial charge in [-0.25, -0.2) is 9.69 Å². The summed E-state index contributed by atoms with van der Waals surface area (Å²) < 4.78 is 5.16. The van der Waals surface area contributed by atoms with Crippen molar-refractivity contribution in [1.82, 2.24) is 4.90 Å². The normalized spacial score (nSPS) is 19.7. The predicted octanol–water partition coefficient (Wildman–Crippen LogP) is 4.05. The minimum atomic E-state index is -1.02. The molecule has 2 aliphatic heterocycles. The molecule has 168 valence electrons. The van der Waals surface area contributed by atoms with Crippen LogP contribution in [-0.4, -0.2) is 45.6 Å². The van der Waals surface area contributed by atoms with Crippen LogP contribution in [0.1, 0.15) is 29.3 Å². The maximum Gasteiger partial charge on any atom is 0.338 e. The zero-order valence-corrected chi connectivity index (χ0v) is 19.7. The molecular formula is C23H17ClN2O5S2. The quantitative estimate of drug-likeness (QED) is 0.265. The van der Waals surface area contributed by atoms with Crippen LogP contribution in [0.5, 0.6) is 0 Å². The highest BCUT2D eigenvalue weighted by molar-refractivity contribution is 8.26. The molecule has 0 unspecified atom stereocenters. The number of esters is 1. The number of rotatable bonds is 5. The molecule has 4 rings (SSSR count). The minimum absolute atomic E-state index is 0.181. The van der Waals surface area contributed by atoms with E-state index >= 15 is 0 Å². The number of thioether (sulfide) groups is 1. The second-order valence-corrected chi connectivity index (χ2v) is 9.27. The monoisotopic (exact) mass is 500 g/mol. The number of hydrogen-bond donors (Lipinski definition) is 0. The Labute approximate surface area is 204 Å². The second kappa shape index (κ2) is 9.46. The zero-order chi connectivity index (χ0) is 23.7. The van der Waals surface area contributed by atoms with Crippen molar-refractivity contribution in [1.29, 1.82) is 0 Å². The fraction of sp³-hybridized carbons (Fsp3) is 0.174. The van der Waals surface area contributed by atoms with E-state index in [4.69, 9.17) is 28.6 Å². The van der Waals surface area contributed by atoms with Crippen molar-refractivity contribution in [2.45, 2.75) is 19.4 Å². The SMILES string of the molecule is CCOC(=O)c1ccc(N2C(=O)C[C@H](N3C(=O)/C(=C/c4ccc(Cl)cc4)SC3=S)C2=O)cc1. The number of hydrogen-bond acceptors (Lipinski definition) is 7. The summed E-state index contributed by atoms with van der Waals surface area (Å²) >= 11 is 12.3. The molecule has 3 amide bonds. The van der Waals surface area contributed by atoms with Gasteiger partial charge in [0.1, 0.15) is 10.4 Å². The molecule has 7 nitrogen and oxygen atoms in total. The number of benzene rings is 2. The average Bonchev–Trinajstić information content (AvgIpc) is 3.23. The van der Waals surface area contributed by atoms with Gasteiger partial charge in [-0.15, -0.1) is 0 Å². The molecular weight excluding hydrogens is 484 g/mol. The Morgan fingerprint density at radius 1 is 1.15 bits per heavy atom. The maximum absolute atomic E-state index is 13.1. The number of carbonyl (C=O) groups is 4. The summed E-state index contributed by atoms with van der Waals surface area (Å²) in [5.41, 5.74) is 1.38. The number of amides is 3. The summed E-state index contributed by atoms with van der Waals surface area (Å²) in [6.07, 6.45) is 1.49. The largest absolute Gasteiger partial charge is 0.462 e. The Morgan fingerprint density at radius 3 is 2.45 bits per heavy atom. The van der Waals surface area contributed by atoms with Crippen LogP contribution in [0.3, 0.4) is 0 Å². The molecule has 2 aliphatic rings. The molecule has 0 N–H and O–H groups in total. The fourth-order valence-corrected chi connectivity index (χ4v) is 4.99. The third-order valence-corrected chi connectivity index (χ3v) is 6.64. The van der Waals surface area contributed by atoms with E-state index in [0.717, 1.165) is 22.2 Å². The summed E-state index contributed by atoms with van der Waals surface area (Å²) in [6.45, 7) is 1.94. The number of imide groups is 1. The van der Waals surface area contributed by atoms with E-state index in [1.807, 2.05) is 0 Å². The van der Waals surface area contributed by atoms with Gasteiger partial charge in [0, 0.05) is 5.02 Å². The van der Waals surface area contributed by atoms with Crippen molar-refractivity contribution in [2.75, 3.05) is 11.5 Å². The average molecular weight is 501 g/mol. The fourth-order valence-electron chi connectivity index (χ4n) is 3.51. The smallest absolute Gasteiger partial charge is 0.338 e. The Balaban J connectivity index is 1.54. The molecule has 2 heterocycles. The van der Waals surface area contributed by atoms with Crippen LogP contribution >= 0.6 is 35.6 Å². The third-order valence-electron chi connectivity index (χ3n) is 5.06. The van der Waals surface area contributed by atoms with Crippen LogP contribution in [0.15, 0.2) is 53.4 Å². The van der Waals surface area contributed by atoms with Crippen molar-refractivity contribution in [3.05, 3.63) is 69.6 Å². The lowest BCUT2D eigenvalue weighted by molar-refractivity contribution is -0.129. The number of thiocarbonyl (C=S) groups is 1. The van der Waals surface area contributed by atoms with E-state index in [0.29, 0.717) is 21.2 Å². The molecule has 10 heteroatoms. The first kappa shape index (κ1) is 23.2. The standard InChI is InChI=1S/C23H17ClN2O5S2/c1-2-31-22(30)14-5-9-16(10-6-14)25-19(27)12-17(20(25)28)26-21(29)18(33-23(26)32)11-13-3-7-15(24)8-4-13/h3-11,17H,2,12H2,1H3/b18-11-/t17-/m0/s1. The molecule has 2 saturated heterocycles. The van der Waals surface area contributed by atoms with Gasteiger partial charge in [0.2, 0.25) is 5.91 Å². The Hall–Kier alpha value is -3.01. The summed E-state index contributed by atoms with van der Waals surface area (Å²) in [6, 6.07) is 11.9. The van der Waals surface area contributed by atoms with Crippen molar-refractivity contribution in [3.8, 4) is 0 Å². The summed E-state index contributed by atoms with van der Waals surface area (Å²) in [5, 5.41) is 0.574. The van der Waals surface area contributed by atoms with E-state index in [1.54, 1.807) is 37.3 Å². The molecule has 0 saturated carbocycles. The van der Waals surface area contributed by atoms with Crippen LogP contribution in [0.4, 0.5) is 5.69 Å². The topological polar surface area (TPSA) is 84.0 Å². The molecule has 0 aromatic heterocycles. The third kappa shape index (κ3) is 4.57. The molecule has 33 heavy (non-hydrogen) atoms. The Bertz CT molecular complexity index is 1190. The first-order chi connectivity index (χ1) is 15.8. The molecule has 2 aromatic carbocycles. The molecule has 0 aliphatic carbocycles. The van der Waals surface area contributed by atoms with Crippen LogP contribution in [0.25, 0.3) is 6.08 Å². The highest BCUT2D eigenvalue weighted by Gasteiger charge is 2.48. The number of ether oxygens (including phenoxy) is 1. The first-order valence-electron chi connectivity index (χ1n) is 9.96. The summed E-state index contributed by atoms with van der Waals surface area (Å²) in [5.74, 6) is -1.92. The van der Waals surface area contributed by atoms with E-state index in [9.17, 15) is 19.2 Å². The zero-order valence-electron chi connectivity index (χ0n) is 17.3. The van der Waals surface area contributed by atoms with Crippen molar-refractivity contribution in [3.63, 3.8) is 0 Å². The van der Waals surface area contributed by atoms with Gasteiger partial charge >= 0.3 is 5.97 Å².